The van der Waals surface area contributed by atoms with E-state index in [1.807, 2.05) is 0 Å². The van der Waals surface area contributed by atoms with Crippen LogP contribution in [0.5, 0.6) is 0 Å². The number of nitrogens with zero attached hydrogens (tertiary/aromatic N) is 1. The lowest BCUT2D eigenvalue weighted by Gasteiger charge is -2.28. The van der Waals surface area contributed by atoms with Gasteiger partial charge >= 0.3 is 0 Å². The summed E-state index contributed by atoms with van der Waals surface area (Å²) in [7, 11) is 16.2. The molecule has 4 nitrogen and oxygen atoms in total. The smallest absolute Gasteiger partial charge is 0.253 e. The Hall–Kier alpha value is -1.47. The molecule has 6 radical (unpaired) electrons. The second kappa shape index (κ2) is 8.72. The van der Waals surface area contributed by atoms with Crippen molar-refractivity contribution in [3.63, 3.8) is 0 Å². The molecule has 0 aromatic carbocycles. The molecular weight excluding hydrogens is 394 g/mol. The number of fused-ring (bicyclic) bond motifs is 1. The highest BCUT2D eigenvalue weighted by Crippen LogP contribution is 2.35. The molecule has 10 heteroatoms. The fraction of sp³-hybridized carbons (Fsp3) is 0.526. The van der Waals surface area contributed by atoms with E-state index in [9.17, 15) is 13.6 Å². The Morgan fingerprint density at radius 3 is 2.69 bits per heavy atom. The van der Waals surface area contributed by atoms with Gasteiger partial charge in [0.25, 0.3) is 5.91 Å². The van der Waals surface area contributed by atoms with Crippen molar-refractivity contribution >= 4 is 46.6 Å². The Morgan fingerprint density at radius 1 is 1.34 bits per heavy atom. The standard InChI is InChI=1S/C19H20B3ClF2N2O2/c20-19(21,22)29-9-5-13-10-14(16-15(23)2-1-8-27(13)16)17(28)26-11-12-3-6-18(24,25)7-4-12/h1-2,8,10,12H,3-7,9,11H2,(H,26,28). The van der Waals surface area contributed by atoms with Gasteiger partial charge in [0.1, 0.15) is 0 Å². The topological polar surface area (TPSA) is 42.7 Å². The minimum Gasteiger partial charge on any atom is -0.402 e. The molecule has 148 valence electrons. The number of alkyl halides is 2. The van der Waals surface area contributed by atoms with Gasteiger partial charge in [0.05, 0.1) is 39.6 Å². The van der Waals surface area contributed by atoms with Gasteiger partial charge in [0.2, 0.25) is 5.92 Å². The van der Waals surface area contributed by atoms with Crippen molar-refractivity contribution in [1.29, 1.82) is 0 Å². The van der Waals surface area contributed by atoms with Crippen molar-refractivity contribution in [3.05, 3.63) is 40.7 Å². The van der Waals surface area contributed by atoms with Crippen LogP contribution in [0.25, 0.3) is 5.52 Å². The maximum atomic E-state index is 13.3. The number of carbonyl (C=O) groups is 1. The van der Waals surface area contributed by atoms with Gasteiger partial charge in [-0.2, -0.15) is 0 Å². The van der Waals surface area contributed by atoms with Gasteiger partial charge in [0.15, 0.2) is 0 Å². The van der Waals surface area contributed by atoms with Crippen LogP contribution in [0.2, 0.25) is 5.02 Å². The van der Waals surface area contributed by atoms with Crippen LogP contribution in [-0.4, -0.2) is 58.2 Å². The number of hydrogen-bond acceptors (Lipinski definition) is 2. The van der Waals surface area contributed by atoms with E-state index in [1.54, 1.807) is 28.8 Å². The first kappa shape index (κ1) is 22.2. The summed E-state index contributed by atoms with van der Waals surface area (Å²) in [5, 5.41) is 1.55. The van der Waals surface area contributed by atoms with E-state index in [-0.39, 0.29) is 31.3 Å². The second-order valence-electron chi connectivity index (χ2n) is 7.59. The minimum atomic E-state index is -2.59. The zero-order valence-electron chi connectivity index (χ0n) is 16.0. The molecule has 0 atom stereocenters. The van der Waals surface area contributed by atoms with E-state index in [1.165, 1.54) is 0 Å². The summed E-state index contributed by atoms with van der Waals surface area (Å²) in [6, 6.07) is 5.19. The van der Waals surface area contributed by atoms with Gasteiger partial charge in [-0.25, -0.2) is 8.78 Å². The van der Waals surface area contributed by atoms with Gasteiger partial charge in [-0.3, -0.25) is 4.79 Å². The van der Waals surface area contributed by atoms with E-state index < -0.39 is 11.2 Å². The SMILES string of the molecule is [B]C([B])([B])OCCc1cc(C(=O)NCC2CCC(F)(F)CC2)c2c(Cl)cccn12. The number of carbonyl (C=O) groups excluding carboxylic acids is 1. The zero-order valence-corrected chi connectivity index (χ0v) is 16.7. The van der Waals surface area contributed by atoms with Crippen molar-refractivity contribution in [2.45, 2.75) is 43.3 Å². The molecule has 2 heterocycles. The molecule has 1 N–H and O–H groups in total. The van der Waals surface area contributed by atoms with Crippen molar-refractivity contribution in [2.24, 2.45) is 5.92 Å². The van der Waals surface area contributed by atoms with Crippen LogP contribution >= 0.6 is 11.6 Å². The van der Waals surface area contributed by atoms with E-state index in [0.29, 0.717) is 41.9 Å². The molecule has 0 bridgehead atoms. The van der Waals surface area contributed by atoms with Crippen LogP contribution in [0, 0.1) is 5.92 Å². The first-order valence-corrected chi connectivity index (χ1v) is 9.88. The maximum Gasteiger partial charge on any atom is 0.253 e. The molecule has 3 rings (SSSR count). The molecular formula is C19H20B3ClF2N2O2. The van der Waals surface area contributed by atoms with Crippen LogP contribution in [0.4, 0.5) is 8.78 Å². The molecule has 29 heavy (non-hydrogen) atoms. The van der Waals surface area contributed by atoms with Crippen molar-refractivity contribution in [2.75, 3.05) is 13.2 Å². The van der Waals surface area contributed by atoms with Gasteiger partial charge in [-0.05, 0) is 42.3 Å². The molecule has 1 aliphatic rings. The van der Waals surface area contributed by atoms with Crippen LogP contribution in [0.15, 0.2) is 24.4 Å². The predicted molar refractivity (Wildman–Crippen MR) is 111 cm³/mol. The summed E-state index contributed by atoms with van der Waals surface area (Å²) in [5.41, 5.74) is 1.75. The van der Waals surface area contributed by atoms with E-state index in [4.69, 9.17) is 39.9 Å². The third-order valence-corrected chi connectivity index (χ3v) is 5.47. The fourth-order valence-corrected chi connectivity index (χ4v) is 3.88. The van der Waals surface area contributed by atoms with E-state index in [0.717, 1.165) is 5.69 Å². The largest absolute Gasteiger partial charge is 0.402 e. The second-order valence-corrected chi connectivity index (χ2v) is 7.99. The van der Waals surface area contributed by atoms with Gasteiger partial charge in [-0.1, -0.05) is 11.6 Å². The molecule has 1 saturated carbocycles. The quantitative estimate of drug-likeness (QED) is 0.709. The molecule has 1 aliphatic carbocycles. The average Bonchev–Trinajstić information content (AvgIpc) is 3.00. The summed E-state index contributed by atoms with van der Waals surface area (Å²) < 4.78 is 33.6. The first-order valence-electron chi connectivity index (χ1n) is 9.51. The highest BCUT2D eigenvalue weighted by atomic mass is 35.5. The maximum absolute atomic E-state index is 13.3. The predicted octanol–water partition coefficient (Wildman–Crippen LogP) is 2.82. The average molecular weight is 414 g/mol. The van der Waals surface area contributed by atoms with E-state index in [2.05, 4.69) is 5.32 Å². The third-order valence-electron chi connectivity index (χ3n) is 5.16. The van der Waals surface area contributed by atoms with E-state index >= 15 is 0 Å². The lowest BCUT2D eigenvalue weighted by atomic mass is 9.52. The Balaban J connectivity index is 1.72. The van der Waals surface area contributed by atoms with Crippen molar-refractivity contribution < 1.29 is 18.3 Å². The minimum absolute atomic E-state index is 0.0441. The normalized spacial score (nSPS) is 17.5. The van der Waals surface area contributed by atoms with Crippen LogP contribution in [-0.2, 0) is 11.2 Å². The number of aromatic nitrogens is 1. The molecule has 1 amide bonds. The van der Waals surface area contributed by atoms with Crippen molar-refractivity contribution in [3.8, 4) is 0 Å². The molecule has 2 aromatic rings. The van der Waals surface area contributed by atoms with Gasteiger partial charge < -0.3 is 14.5 Å². The number of rotatable bonds is 7. The van der Waals surface area contributed by atoms with Crippen LogP contribution in [0.1, 0.15) is 41.7 Å². The van der Waals surface area contributed by atoms with Crippen molar-refractivity contribution in [1.82, 2.24) is 9.72 Å². The Labute approximate surface area is 177 Å². The zero-order chi connectivity index (χ0) is 21.2. The lowest BCUT2D eigenvalue weighted by molar-refractivity contribution is -0.0452. The number of halogens is 3. The summed E-state index contributed by atoms with van der Waals surface area (Å²) >= 11 is 6.33. The van der Waals surface area contributed by atoms with Crippen LogP contribution < -0.4 is 5.32 Å². The number of pyridine rings is 1. The highest BCUT2D eigenvalue weighted by Gasteiger charge is 2.35. The molecule has 2 aromatic heterocycles. The summed E-state index contributed by atoms with van der Waals surface area (Å²) in [6.07, 6.45) is 2.71. The summed E-state index contributed by atoms with van der Waals surface area (Å²) in [4.78, 5) is 12.8. The monoisotopic (exact) mass is 414 g/mol. The van der Waals surface area contributed by atoms with Gasteiger partial charge in [-0.15, -0.1) is 0 Å². The summed E-state index contributed by atoms with van der Waals surface area (Å²) in [6.45, 7) is 0.505. The molecule has 0 unspecified atom stereocenters. The lowest BCUT2D eigenvalue weighted by Crippen LogP contribution is -2.34. The van der Waals surface area contributed by atoms with Crippen LogP contribution in [0.3, 0.4) is 0 Å². The number of amides is 1. The number of ether oxygens (including phenoxy) is 1. The number of hydrogen-bond donors (Lipinski definition) is 1. The molecule has 1 fully saturated rings. The van der Waals surface area contributed by atoms with Gasteiger partial charge in [0, 0.05) is 44.3 Å². The first-order chi connectivity index (χ1) is 13.6. The number of nitrogens with one attached hydrogen (secondary N) is 1. The molecule has 0 spiro atoms. The molecule has 0 aliphatic heterocycles. The fourth-order valence-electron chi connectivity index (χ4n) is 3.62. The molecule has 0 saturated heterocycles. The Kier molecular flexibility index (Phi) is 6.69. The Morgan fingerprint density at radius 2 is 2.03 bits per heavy atom. The summed E-state index contributed by atoms with van der Waals surface area (Å²) in [5.74, 6) is -2.84. The highest BCUT2D eigenvalue weighted by molar-refractivity contribution is 6.58. The third kappa shape index (κ3) is 5.79. The Bertz CT molecular complexity index is 876.